The molecule has 222 valence electrons. The van der Waals surface area contributed by atoms with E-state index in [0.717, 1.165) is 26.2 Å². The van der Waals surface area contributed by atoms with Crippen molar-refractivity contribution < 1.29 is 0 Å². The van der Waals surface area contributed by atoms with Gasteiger partial charge < -0.3 is 9.80 Å². The van der Waals surface area contributed by atoms with Crippen LogP contribution in [-0.4, -0.2) is 26.2 Å². The lowest BCUT2D eigenvalue weighted by Gasteiger charge is -2.21. The van der Waals surface area contributed by atoms with E-state index < -0.39 is 0 Å². The summed E-state index contributed by atoms with van der Waals surface area (Å²) in [5, 5.41) is 0. The molecule has 44 heavy (non-hydrogen) atoms. The average Bonchev–Trinajstić information content (AvgIpc) is 3.09. The summed E-state index contributed by atoms with van der Waals surface area (Å²) >= 11 is 0. The van der Waals surface area contributed by atoms with E-state index in [1.165, 1.54) is 55.9 Å². The number of benzene rings is 5. The molecule has 5 aromatic carbocycles. The van der Waals surface area contributed by atoms with Gasteiger partial charge in [-0.15, -0.1) is 0 Å². The summed E-state index contributed by atoms with van der Waals surface area (Å²) in [6.45, 7) is 12.8. The molecule has 0 saturated heterocycles. The van der Waals surface area contributed by atoms with Gasteiger partial charge in [0.05, 0.1) is 0 Å². The second-order valence-electron chi connectivity index (χ2n) is 11.0. The maximum absolute atomic E-state index is 2.38. The maximum atomic E-state index is 2.38. The van der Waals surface area contributed by atoms with E-state index in [4.69, 9.17) is 0 Å². The minimum atomic E-state index is 1.00. The van der Waals surface area contributed by atoms with Gasteiger partial charge in [0, 0.05) is 37.6 Å². The molecule has 0 fully saturated rings. The zero-order valence-corrected chi connectivity index (χ0v) is 26.6. The van der Waals surface area contributed by atoms with Gasteiger partial charge in [-0.3, -0.25) is 0 Å². The Morgan fingerprint density at radius 1 is 0.409 bits per heavy atom. The van der Waals surface area contributed by atoms with Crippen molar-refractivity contribution in [3.63, 3.8) is 0 Å². The first-order valence-corrected chi connectivity index (χ1v) is 16.0. The first-order chi connectivity index (χ1) is 21.6. The number of hydrogen-bond acceptors (Lipinski definition) is 2. The van der Waals surface area contributed by atoms with E-state index in [1.807, 2.05) is 0 Å². The quantitative estimate of drug-likeness (QED) is 0.136. The molecule has 0 aliphatic rings. The minimum absolute atomic E-state index is 1.00. The van der Waals surface area contributed by atoms with Crippen LogP contribution in [0.3, 0.4) is 0 Å². The van der Waals surface area contributed by atoms with Crippen LogP contribution in [0.5, 0.6) is 0 Å². The molecule has 2 nitrogen and oxygen atoms in total. The molecule has 0 spiro atoms. The summed E-state index contributed by atoms with van der Waals surface area (Å²) in [7, 11) is 0. The lowest BCUT2D eigenvalue weighted by atomic mass is 9.93. The van der Waals surface area contributed by atoms with Crippen molar-refractivity contribution in [2.45, 2.75) is 27.7 Å². The Balaban J connectivity index is 1.55. The third-order valence-corrected chi connectivity index (χ3v) is 8.32. The summed E-state index contributed by atoms with van der Waals surface area (Å²) < 4.78 is 0. The molecule has 2 heteroatoms. The van der Waals surface area contributed by atoms with E-state index >= 15 is 0 Å². The molecule has 0 aliphatic heterocycles. The number of hydrogen-bond donors (Lipinski definition) is 0. The van der Waals surface area contributed by atoms with Crippen molar-refractivity contribution in [1.82, 2.24) is 0 Å². The Morgan fingerprint density at radius 2 is 0.750 bits per heavy atom. The monoisotopic (exact) mass is 576 g/mol. The van der Waals surface area contributed by atoms with Crippen LogP contribution in [0.2, 0.25) is 0 Å². The van der Waals surface area contributed by atoms with Gasteiger partial charge in [0.15, 0.2) is 0 Å². The third-order valence-electron chi connectivity index (χ3n) is 8.32. The van der Waals surface area contributed by atoms with Crippen molar-refractivity contribution in [2.75, 3.05) is 36.0 Å². The summed E-state index contributed by atoms with van der Waals surface area (Å²) in [6.07, 6.45) is 4.64. The van der Waals surface area contributed by atoms with E-state index in [2.05, 4.69) is 183 Å². The predicted octanol–water partition coefficient (Wildman–Crippen LogP) is 10.6. The highest BCUT2D eigenvalue weighted by atomic mass is 15.1. The Hall–Kier alpha value is -4.82. The normalized spacial score (nSPS) is 11.8. The fourth-order valence-electron chi connectivity index (χ4n) is 5.86. The third kappa shape index (κ3) is 7.38. The zero-order chi connectivity index (χ0) is 30.7. The lowest BCUT2D eigenvalue weighted by molar-refractivity contribution is 0.866. The summed E-state index contributed by atoms with van der Waals surface area (Å²) in [5.74, 6) is 0. The number of anilines is 2. The Kier molecular flexibility index (Phi) is 10.5. The van der Waals surface area contributed by atoms with Crippen molar-refractivity contribution in [3.8, 4) is 0 Å². The topological polar surface area (TPSA) is 6.48 Å². The van der Waals surface area contributed by atoms with Crippen LogP contribution in [0.1, 0.15) is 61.1 Å². The van der Waals surface area contributed by atoms with Gasteiger partial charge in [0.1, 0.15) is 0 Å². The highest BCUT2D eigenvalue weighted by molar-refractivity contribution is 5.94. The lowest BCUT2D eigenvalue weighted by Crippen LogP contribution is -2.21. The van der Waals surface area contributed by atoms with Gasteiger partial charge in [-0.2, -0.15) is 0 Å². The van der Waals surface area contributed by atoms with Crippen molar-refractivity contribution in [1.29, 1.82) is 0 Å². The van der Waals surface area contributed by atoms with Crippen LogP contribution in [-0.2, 0) is 0 Å². The molecule has 0 bridgehead atoms. The Bertz CT molecular complexity index is 1530. The fourth-order valence-corrected chi connectivity index (χ4v) is 5.86. The standard InChI is InChI=1S/C42H44N2/c1-5-43(6-2)39-26-22-37(23-27-39)41(35-18-11-9-12-19-35)31-33-16-15-17-34(30-33)32-42(36-20-13-10-14-21-36)38-24-28-40(29-25-38)44(7-3)8-4/h9-32H,5-8H2,1-4H3/b41-31-,42-32+. The van der Waals surface area contributed by atoms with Gasteiger partial charge >= 0.3 is 0 Å². The molecule has 0 atom stereocenters. The van der Waals surface area contributed by atoms with E-state index in [-0.39, 0.29) is 0 Å². The second-order valence-corrected chi connectivity index (χ2v) is 11.0. The van der Waals surface area contributed by atoms with Crippen molar-refractivity contribution >= 4 is 34.7 Å². The van der Waals surface area contributed by atoms with Crippen LogP contribution in [0.4, 0.5) is 11.4 Å². The molecule has 0 saturated carbocycles. The molecule has 0 radical (unpaired) electrons. The summed E-state index contributed by atoms with van der Waals surface area (Å²) in [4.78, 5) is 4.76. The Labute approximate surface area is 264 Å². The largest absolute Gasteiger partial charge is 0.372 e. The molecular weight excluding hydrogens is 532 g/mol. The summed E-state index contributed by atoms with van der Waals surface area (Å²) in [6, 6.07) is 48.3. The van der Waals surface area contributed by atoms with E-state index in [0.29, 0.717) is 0 Å². The molecule has 0 amide bonds. The van der Waals surface area contributed by atoms with Crippen molar-refractivity contribution in [2.24, 2.45) is 0 Å². The SMILES string of the molecule is CCN(CC)c1ccc(/C(=C\c2cccc(/C=C(\c3ccccc3)c3ccc(N(CC)CC)cc3)c2)c2ccccc2)cc1. The summed E-state index contributed by atoms with van der Waals surface area (Å²) in [5.41, 5.74) is 12.2. The van der Waals surface area contributed by atoms with Crippen LogP contribution >= 0.6 is 0 Å². The molecule has 5 aromatic rings. The average molecular weight is 577 g/mol. The molecule has 0 aromatic heterocycles. The molecular formula is C42H44N2. The van der Waals surface area contributed by atoms with Gasteiger partial charge in [-0.1, -0.05) is 103 Å². The van der Waals surface area contributed by atoms with Crippen LogP contribution in [0, 0.1) is 0 Å². The maximum Gasteiger partial charge on any atom is 0.0366 e. The molecule has 5 rings (SSSR count). The molecule has 0 N–H and O–H groups in total. The van der Waals surface area contributed by atoms with Gasteiger partial charge in [-0.05, 0) is 115 Å². The van der Waals surface area contributed by atoms with Crippen molar-refractivity contribution in [3.05, 3.63) is 167 Å². The smallest absolute Gasteiger partial charge is 0.0366 e. The van der Waals surface area contributed by atoms with Gasteiger partial charge in [0.2, 0.25) is 0 Å². The van der Waals surface area contributed by atoms with Crippen LogP contribution in [0.25, 0.3) is 23.3 Å². The highest BCUT2D eigenvalue weighted by Gasteiger charge is 2.10. The molecule has 0 heterocycles. The Morgan fingerprint density at radius 3 is 1.09 bits per heavy atom. The van der Waals surface area contributed by atoms with Gasteiger partial charge in [-0.25, -0.2) is 0 Å². The zero-order valence-electron chi connectivity index (χ0n) is 26.6. The first-order valence-electron chi connectivity index (χ1n) is 16.0. The predicted molar refractivity (Wildman–Crippen MR) is 193 cm³/mol. The fraction of sp³-hybridized carbons (Fsp3) is 0.190. The minimum Gasteiger partial charge on any atom is -0.372 e. The van der Waals surface area contributed by atoms with Crippen LogP contribution in [0.15, 0.2) is 133 Å². The van der Waals surface area contributed by atoms with Gasteiger partial charge in [0.25, 0.3) is 0 Å². The number of nitrogens with zero attached hydrogens (tertiary/aromatic N) is 2. The van der Waals surface area contributed by atoms with E-state index in [9.17, 15) is 0 Å². The molecule has 0 aliphatic carbocycles. The highest BCUT2D eigenvalue weighted by Crippen LogP contribution is 2.31. The van der Waals surface area contributed by atoms with Crippen LogP contribution < -0.4 is 9.80 Å². The number of rotatable bonds is 12. The van der Waals surface area contributed by atoms with E-state index in [1.54, 1.807) is 0 Å². The molecule has 0 unspecified atom stereocenters. The first kappa shape index (κ1) is 30.6. The second kappa shape index (κ2) is 15.1.